The number of ether oxygens (including phenoxy) is 2. The van der Waals surface area contributed by atoms with Crippen molar-refractivity contribution in [1.82, 2.24) is 0 Å². The predicted octanol–water partition coefficient (Wildman–Crippen LogP) is 7.05. The Bertz CT molecular complexity index is 1040. The molecular formula is C26H22O3S. The molecule has 0 atom stereocenters. The summed E-state index contributed by atoms with van der Waals surface area (Å²) >= 11 is 0. The summed E-state index contributed by atoms with van der Waals surface area (Å²) in [7, 11) is -1.27. The summed E-state index contributed by atoms with van der Waals surface area (Å²) in [5.74, 6) is 2.97. The highest BCUT2D eigenvalue weighted by atomic mass is 32.2. The van der Waals surface area contributed by atoms with E-state index in [2.05, 4.69) is 0 Å². The molecule has 4 aromatic rings. The normalized spacial score (nSPS) is 10.8. The average Bonchev–Trinajstić information content (AvgIpc) is 2.77. The molecule has 0 spiro atoms. The van der Waals surface area contributed by atoms with Crippen LogP contribution in [-0.4, -0.2) is 4.21 Å². The fourth-order valence-electron chi connectivity index (χ4n) is 2.88. The van der Waals surface area contributed by atoms with E-state index in [1.165, 1.54) is 11.1 Å². The van der Waals surface area contributed by atoms with E-state index in [4.69, 9.17) is 9.47 Å². The Hall–Kier alpha value is -3.37. The van der Waals surface area contributed by atoms with Crippen LogP contribution in [0.5, 0.6) is 23.0 Å². The van der Waals surface area contributed by atoms with Crippen LogP contribution >= 0.6 is 0 Å². The van der Waals surface area contributed by atoms with E-state index in [1.54, 1.807) is 0 Å². The molecule has 3 nitrogen and oxygen atoms in total. The third-order valence-corrected chi connectivity index (χ3v) is 5.99. The van der Waals surface area contributed by atoms with E-state index >= 15 is 0 Å². The fraction of sp³-hybridized carbons (Fsp3) is 0.0769. The summed E-state index contributed by atoms with van der Waals surface area (Å²) in [6.45, 7) is 4.07. The molecule has 0 aliphatic rings. The summed E-state index contributed by atoms with van der Waals surface area (Å²) < 4.78 is 24.6. The van der Waals surface area contributed by atoms with Gasteiger partial charge in [-0.15, -0.1) is 0 Å². The van der Waals surface area contributed by atoms with Gasteiger partial charge in [-0.1, -0.05) is 35.4 Å². The minimum absolute atomic E-state index is 0.710. The second kappa shape index (κ2) is 8.97. The maximum absolute atomic E-state index is 12.9. The molecule has 4 aromatic carbocycles. The van der Waals surface area contributed by atoms with Gasteiger partial charge < -0.3 is 9.47 Å². The molecule has 0 amide bonds. The molecular weight excluding hydrogens is 392 g/mol. The minimum atomic E-state index is -1.27. The standard InChI is InChI=1S/C26H22O3S/c1-19-3-7-21(8-4-19)28-23-11-15-25(16-12-23)30(27)26-17-13-24(14-18-26)29-22-9-5-20(2)6-10-22/h3-18H,1-2H3. The molecule has 0 aliphatic heterocycles. The van der Waals surface area contributed by atoms with Crippen LogP contribution in [0.2, 0.25) is 0 Å². The molecule has 0 saturated carbocycles. The Labute approximate surface area is 179 Å². The second-order valence-corrected chi connectivity index (χ2v) is 8.52. The monoisotopic (exact) mass is 414 g/mol. The largest absolute Gasteiger partial charge is 0.457 e. The topological polar surface area (TPSA) is 35.5 Å². The van der Waals surface area contributed by atoms with Gasteiger partial charge in [0.1, 0.15) is 23.0 Å². The predicted molar refractivity (Wildman–Crippen MR) is 120 cm³/mol. The van der Waals surface area contributed by atoms with Crippen LogP contribution in [0.1, 0.15) is 11.1 Å². The summed E-state index contributed by atoms with van der Waals surface area (Å²) in [5, 5.41) is 0. The lowest BCUT2D eigenvalue weighted by Gasteiger charge is -2.09. The van der Waals surface area contributed by atoms with Crippen molar-refractivity contribution < 1.29 is 13.7 Å². The molecule has 0 aliphatic carbocycles. The van der Waals surface area contributed by atoms with Crippen molar-refractivity contribution in [2.45, 2.75) is 23.6 Å². The molecule has 4 heteroatoms. The lowest BCUT2D eigenvalue weighted by molar-refractivity contribution is 0.482. The molecule has 0 N–H and O–H groups in total. The van der Waals surface area contributed by atoms with E-state index in [9.17, 15) is 4.21 Å². The van der Waals surface area contributed by atoms with Crippen molar-refractivity contribution in [3.8, 4) is 23.0 Å². The number of benzene rings is 4. The van der Waals surface area contributed by atoms with E-state index in [0.717, 1.165) is 21.3 Å². The van der Waals surface area contributed by atoms with E-state index in [0.29, 0.717) is 11.5 Å². The van der Waals surface area contributed by atoms with Crippen molar-refractivity contribution in [3.63, 3.8) is 0 Å². The van der Waals surface area contributed by atoms with Crippen LogP contribution in [-0.2, 0) is 10.8 Å². The molecule has 0 bridgehead atoms. The van der Waals surface area contributed by atoms with Crippen molar-refractivity contribution >= 4 is 10.8 Å². The Kier molecular flexibility index (Phi) is 5.96. The van der Waals surface area contributed by atoms with Crippen LogP contribution < -0.4 is 9.47 Å². The first kappa shape index (κ1) is 19.9. The Morgan fingerprint density at radius 1 is 0.467 bits per heavy atom. The number of aryl methyl sites for hydroxylation is 2. The van der Waals surface area contributed by atoms with Crippen LogP contribution in [0.3, 0.4) is 0 Å². The molecule has 0 saturated heterocycles. The van der Waals surface area contributed by atoms with Gasteiger partial charge in [-0.05, 0) is 86.6 Å². The zero-order valence-corrected chi connectivity index (χ0v) is 17.7. The smallest absolute Gasteiger partial charge is 0.127 e. The first-order chi connectivity index (χ1) is 14.6. The first-order valence-electron chi connectivity index (χ1n) is 9.68. The fourth-order valence-corrected chi connectivity index (χ4v) is 3.92. The average molecular weight is 415 g/mol. The summed E-state index contributed by atoms with van der Waals surface area (Å²) in [6.07, 6.45) is 0. The zero-order chi connectivity index (χ0) is 20.9. The zero-order valence-electron chi connectivity index (χ0n) is 16.9. The SMILES string of the molecule is Cc1ccc(Oc2ccc(S(=O)c3ccc(Oc4ccc(C)cc4)cc3)cc2)cc1. The molecule has 30 heavy (non-hydrogen) atoms. The lowest BCUT2D eigenvalue weighted by atomic mass is 10.2. The van der Waals surface area contributed by atoms with Crippen molar-refractivity contribution in [3.05, 3.63) is 108 Å². The number of hydrogen-bond acceptors (Lipinski definition) is 3. The Morgan fingerprint density at radius 3 is 1.03 bits per heavy atom. The van der Waals surface area contributed by atoms with Crippen molar-refractivity contribution in [1.29, 1.82) is 0 Å². The molecule has 0 radical (unpaired) electrons. The Morgan fingerprint density at radius 2 is 0.733 bits per heavy atom. The van der Waals surface area contributed by atoms with Crippen LogP contribution in [0.15, 0.2) is 107 Å². The van der Waals surface area contributed by atoms with Gasteiger partial charge in [-0.25, -0.2) is 4.21 Å². The maximum Gasteiger partial charge on any atom is 0.127 e. The highest BCUT2D eigenvalue weighted by Crippen LogP contribution is 2.26. The summed E-state index contributed by atoms with van der Waals surface area (Å²) in [6, 6.07) is 30.4. The highest BCUT2D eigenvalue weighted by Gasteiger charge is 2.08. The molecule has 150 valence electrons. The highest BCUT2D eigenvalue weighted by molar-refractivity contribution is 7.85. The van der Waals surface area contributed by atoms with Gasteiger partial charge in [0.05, 0.1) is 10.8 Å². The first-order valence-corrected chi connectivity index (χ1v) is 10.8. The second-order valence-electron chi connectivity index (χ2n) is 7.04. The van der Waals surface area contributed by atoms with E-state index < -0.39 is 10.8 Å². The molecule has 0 aromatic heterocycles. The van der Waals surface area contributed by atoms with Gasteiger partial charge in [0, 0.05) is 9.79 Å². The Balaban J connectivity index is 1.42. The molecule has 0 heterocycles. The van der Waals surface area contributed by atoms with Gasteiger partial charge >= 0.3 is 0 Å². The molecule has 0 fully saturated rings. The van der Waals surface area contributed by atoms with E-state index in [1.807, 2.05) is 111 Å². The molecule has 4 rings (SSSR count). The number of rotatable bonds is 6. The van der Waals surface area contributed by atoms with Gasteiger partial charge in [0.15, 0.2) is 0 Å². The quantitative estimate of drug-likeness (QED) is 0.339. The van der Waals surface area contributed by atoms with Crippen LogP contribution in [0.4, 0.5) is 0 Å². The maximum atomic E-state index is 12.9. The third kappa shape index (κ3) is 4.97. The van der Waals surface area contributed by atoms with E-state index in [-0.39, 0.29) is 0 Å². The minimum Gasteiger partial charge on any atom is -0.457 e. The summed E-state index contributed by atoms with van der Waals surface area (Å²) in [4.78, 5) is 1.44. The van der Waals surface area contributed by atoms with Crippen molar-refractivity contribution in [2.24, 2.45) is 0 Å². The van der Waals surface area contributed by atoms with Gasteiger partial charge in [-0.3, -0.25) is 0 Å². The van der Waals surface area contributed by atoms with Gasteiger partial charge in [0.25, 0.3) is 0 Å². The number of hydrogen-bond donors (Lipinski definition) is 0. The van der Waals surface area contributed by atoms with Gasteiger partial charge in [0.2, 0.25) is 0 Å². The van der Waals surface area contributed by atoms with Crippen LogP contribution in [0, 0.1) is 13.8 Å². The third-order valence-electron chi connectivity index (χ3n) is 4.59. The summed E-state index contributed by atoms with van der Waals surface area (Å²) in [5.41, 5.74) is 2.37. The molecule has 0 unspecified atom stereocenters. The van der Waals surface area contributed by atoms with Gasteiger partial charge in [-0.2, -0.15) is 0 Å². The van der Waals surface area contributed by atoms with Crippen LogP contribution in [0.25, 0.3) is 0 Å². The lowest BCUT2D eigenvalue weighted by Crippen LogP contribution is -1.93. The van der Waals surface area contributed by atoms with Crippen molar-refractivity contribution in [2.75, 3.05) is 0 Å².